The lowest BCUT2D eigenvalue weighted by molar-refractivity contribution is 0.0941. The minimum atomic E-state index is -0.522. The molecule has 1 atom stereocenters. The van der Waals surface area contributed by atoms with E-state index in [-0.39, 0.29) is 5.78 Å². The molecule has 0 spiro atoms. The van der Waals surface area contributed by atoms with Crippen LogP contribution in [0.4, 0.5) is 0 Å². The molecule has 0 saturated carbocycles. The first-order chi connectivity index (χ1) is 5.70. The highest BCUT2D eigenvalue weighted by Crippen LogP contribution is 2.35. The van der Waals surface area contributed by atoms with E-state index in [1.807, 2.05) is 12.1 Å². The van der Waals surface area contributed by atoms with Crippen LogP contribution >= 0.6 is 31.9 Å². The molecule has 1 aromatic rings. The lowest BCUT2D eigenvalue weighted by Gasteiger charge is -1.97. The van der Waals surface area contributed by atoms with Crippen molar-refractivity contribution in [1.82, 2.24) is 0 Å². The quantitative estimate of drug-likeness (QED) is 0.687. The van der Waals surface area contributed by atoms with Gasteiger partial charge in [-0.05, 0) is 44.0 Å². The van der Waals surface area contributed by atoms with Crippen LogP contribution in [0.15, 0.2) is 22.7 Å². The highest BCUT2D eigenvalue weighted by Gasteiger charge is 2.31. The van der Waals surface area contributed by atoms with Crippen LogP contribution < -0.4 is 4.74 Å². The molecule has 0 N–H and O–H groups in total. The van der Waals surface area contributed by atoms with E-state index in [0.29, 0.717) is 11.3 Å². The van der Waals surface area contributed by atoms with Crippen molar-refractivity contribution < 1.29 is 9.53 Å². The fraction of sp³-hybridized carbons (Fsp3) is 0.125. The maximum atomic E-state index is 11.4. The van der Waals surface area contributed by atoms with Crippen LogP contribution in [0.3, 0.4) is 0 Å². The Morgan fingerprint density at radius 2 is 2.17 bits per heavy atom. The monoisotopic (exact) mass is 290 g/mol. The summed E-state index contributed by atoms with van der Waals surface area (Å²) >= 11 is 6.42. The van der Waals surface area contributed by atoms with Crippen molar-refractivity contribution in [3.05, 3.63) is 28.2 Å². The number of ketones is 1. The minimum Gasteiger partial charge on any atom is -0.470 e. The molecule has 2 rings (SSSR count). The Kier molecular flexibility index (Phi) is 1.96. The number of hydrogen-bond acceptors (Lipinski definition) is 2. The van der Waals surface area contributed by atoms with Crippen LogP contribution in [0.1, 0.15) is 10.4 Å². The van der Waals surface area contributed by atoms with Gasteiger partial charge in [-0.1, -0.05) is 6.07 Å². The van der Waals surface area contributed by atoms with Crippen molar-refractivity contribution in [2.24, 2.45) is 0 Å². The zero-order chi connectivity index (χ0) is 8.72. The molecular weight excluding hydrogens is 288 g/mol. The molecule has 4 heteroatoms. The smallest absolute Gasteiger partial charge is 0.219 e. The molecule has 0 aromatic heterocycles. The van der Waals surface area contributed by atoms with Gasteiger partial charge in [-0.3, -0.25) is 4.79 Å². The number of hydrogen-bond donors (Lipinski definition) is 0. The van der Waals surface area contributed by atoms with E-state index in [0.717, 1.165) is 4.47 Å². The van der Waals surface area contributed by atoms with Crippen LogP contribution in [0.25, 0.3) is 0 Å². The second-order valence-electron chi connectivity index (χ2n) is 2.41. The first-order valence-corrected chi connectivity index (χ1v) is 5.04. The second kappa shape index (κ2) is 2.85. The summed E-state index contributed by atoms with van der Waals surface area (Å²) in [6, 6.07) is 5.44. The molecule has 0 saturated heterocycles. The van der Waals surface area contributed by atoms with E-state index in [1.54, 1.807) is 6.07 Å². The highest BCUT2D eigenvalue weighted by molar-refractivity contribution is 9.10. The molecule has 2 nitrogen and oxygen atoms in total. The fourth-order valence-electron chi connectivity index (χ4n) is 1.12. The van der Waals surface area contributed by atoms with E-state index in [2.05, 4.69) is 31.9 Å². The lowest BCUT2D eigenvalue weighted by atomic mass is 10.1. The van der Waals surface area contributed by atoms with Gasteiger partial charge in [0.2, 0.25) is 10.8 Å². The Labute approximate surface area is 86.2 Å². The molecule has 0 bridgehead atoms. The van der Waals surface area contributed by atoms with Crippen LogP contribution in [0, 0.1) is 0 Å². The predicted octanol–water partition coefficient (Wildman–Crippen LogP) is 2.75. The third-order valence-electron chi connectivity index (χ3n) is 1.66. The van der Waals surface area contributed by atoms with Gasteiger partial charge in [0.05, 0.1) is 5.56 Å². The number of rotatable bonds is 0. The highest BCUT2D eigenvalue weighted by atomic mass is 79.9. The van der Waals surface area contributed by atoms with Gasteiger partial charge in [-0.2, -0.15) is 0 Å². The van der Waals surface area contributed by atoms with E-state index >= 15 is 0 Å². The zero-order valence-corrected chi connectivity index (χ0v) is 9.05. The Morgan fingerprint density at radius 1 is 1.42 bits per heavy atom. The standard InChI is InChI=1S/C8H4Br2O2/c9-4-2-1-3-5-6(4)7(11)8(10)12-5/h1-3,8H/t8-/m0/s1. The number of Topliss-reactive ketones (excluding diaryl/α,β-unsaturated/α-hetero) is 1. The molecule has 0 unspecified atom stereocenters. The summed E-state index contributed by atoms with van der Waals surface area (Å²) in [5.41, 5.74) is 0.624. The number of alkyl halides is 1. The summed E-state index contributed by atoms with van der Waals surface area (Å²) in [5, 5.41) is -0.522. The van der Waals surface area contributed by atoms with Gasteiger partial charge >= 0.3 is 0 Å². The summed E-state index contributed by atoms with van der Waals surface area (Å²) in [6.45, 7) is 0. The van der Waals surface area contributed by atoms with Crippen LogP contribution in [0.2, 0.25) is 0 Å². The van der Waals surface area contributed by atoms with Crippen molar-refractivity contribution in [2.75, 3.05) is 0 Å². The minimum absolute atomic E-state index is 0.0301. The van der Waals surface area contributed by atoms with Gasteiger partial charge < -0.3 is 4.74 Å². The number of carbonyl (C=O) groups is 1. The van der Waals surface area contributed by atoms with Crippen molar-refractivity contribution in [2.45, 2.75) is 5.01 Å². The normalized spacial score (nSPS) is 20.5. The Bertz CT molecular complexity index is 349. The van der Waals surface area contributed by atoms with Crippen molar-refractivity contribution in [1.29, 1.82) is 0 Å². The summed E-state index contributed by atoms with van der Waals surface area (Å²) < 4.78 is 6.02. The van der Waals surface area contributed by atoms with E-state index < -0.39 is 5.01 Å². The SMILES string of the molecule is O=C1c2c(Br)cccc2O[C@@H]1Br. The van der Waals surface area contributed by atoms with Crippen LogP contribution in [-0.2, 0) is 0 Å². The van der Waals surface area contributed by atoms with E-state index in [1.165, 1.54) is 0 Å². The van der Waals surface area contributed by atoms with Crippen LogP contribution in [-0.4, -0.2) is 10.8 Å². The molecule has 12 heavy (non-hydrogen) atoms. The summed E-state index contributed by atoms with van der Waals surface area (Å²) in [6.07, 6.45) is 0. The topological polar surface area (TPSA) is 26.3 Å². The first kappa shape index (κ1) is 8.26. The van der Waals surface area contributed by atoms with Crippen molar-refractivity contribution in [3.8, 4) is 5.75 Å². The molecule has 0 fully saturated rings. The van der Waals surface area contributed by atoms with E-state index in [4.69, 9.17) is 4.74 Å². The van der Waals surface area contributed by atoms with E-state index in [9.17, 15) is 4.79 Å². The third-order valence-corrected chi connectivity index (χ3v) is 2.92. The molecule has 0 amide bonds. The predicted molar refractivity (Wildman–Crippen MR) is 51.8 cm³/mol. The largest absolute Gasteiger partial charge is 0.470 e. The molecular formula is C8H4Br2O2. The molecule has 1 heterocycles. The Balaban J connectivity index is 2.62. The van der Waals surface area contributed by atoms with Gasteiger partial charge in [0.25, 0.3) is 0 Å². The molecule has 0 aliphatic carbocycles. The van der Waals surface area contributed by atoms with Gasteiger partial charge in [0.15, 0.2) is 0 Å². The number of fused-ring (bicyclic) bond motifs is 1. The lowest BCUT2D eigenvalue weighted by Crippen LogP contribution is -2.10. The average Bonchev–Trinajstić information content (AvgIpc) is 2.29. The zero-order valence-electron chi connectivity index (χ0n) is 5.88. The fourth-order valence-corrected chi connectivity index (χ4v) is 2.09. The number of carbonyl (C=O) groups excluding carboxylic acids is 1. The average molecular weight is 292 g/mol. The second-order valence-corrected chi connectivity index (χ2v) is 4.10. The maximum Gasteiger partial charge on any atom is 0.219 e. The first-order valence-electron chi connectivity index (χ1n) is 3.33. The maximum absolute atomic E-state index is 11.4. The number of ether oxygens (including phenoxy) is 1. The van der Waals surface area contributed by atoms with Crippen molar-refractivity contribution in [3.63, 3.8) is 0 Å². The van der Waals surface area contributed by atoms with Gasteiger partial charge in [-0.25, -0.2) is 0 Å². The molecule has 0 radical (unpaired) electrons. The van der Waals surface area contributed by atoms with Gasteiger partial charge in [-0.15, -0.1) is 0 Å². The van der Waals surface area contributed by atoms with Gasteiger partial charge in [0.1, 0.15) is 5.75 Å². The van der Waals surface area contributed by atoms with Crippen LogP contribution in [0.5, 0.6) is 5.75 Å². The Hall–Kier alpha value is -0.350. The summed E-state index contributed by atoms with van der Waals surface area (Å²) in [7, 11) is 0. The third kappa shape index (κ3) is 1.10. The number of benzene rings is 1. The molecule has 1 aliphatic heterocycles. The Morgan fingerprint density at radius 3 is 2.83 bits per heavy atom. The summed E-state index contributed by atoms with van der Waals surface area (Å²) in [5.74, 6) is 0.605. The van der Waals surface area contributed by atoms with Gasteiger partial charge in [0, 0.05) is 4.47 Å². The van der Waals surface area contributed by atoms with Crippen molar-refractivity contribution >= 4 is 37.6 Å². The summed E-state index contributed by atoms with van der Waals surface area (Å²) in [4.78, 5) is 11.4. The molecule has 62 valence electrons. The molecule has 1 aliphatic rings. The number of halogens is 2. The molecule has 1 aromatic carbocycles.